The summed E-state index contributed by atoms with van der Waals surface area (Å²) in [5, 5.41) is 3.06. The number of carbonyl (C=O) groups excluding carboxylic acids is 3. The zero-order valence-corrected chi connectivity index (χ0v) is 23.2. The van der Waals surface area contributed by atoms with Crippen LogP contribution in [0.1, 0.15) is 45.2 Å². The number of nitrogens with one attached hydrogen (secondary N) is 1. The maximum Gasteiger partial charge on any atom is 0.242 e. The van der Waals surface area contributed by atoms with Crippen molar-refractivity contribution in [1.29, 1.82) is 0 Å². The van der Waals surface area contributed by atoms with E-state index >= 15 is 0 Å². The number of nitrogens with zero attached hydrogens (tertiary/aromatic N) is 3. The fourth-order valence-corrected chi connectivity index (χ4v) is 3.24. The van der Waals surface area contributed by atoms with E-state index in [0.717, 1.165) is 11.1 Å². The Morgan fingerprint density at radius 2 is 1.21 bits per heavy atom. The Kier molecular flexibility index (Phi) is 19.0. The number of guanidine groups is 1. The van der Waals surface area contributed by atoms with Crippen molar-refractivity contribution in [2.75, 3.05) is 32.7 Å². The topological polar surface area (TPSA) is 160 Å². The Morgan fingerprint density at radius 1 is 0.737 bits per heavy atom. The van der Waals surface area contributed by atoms with Crippen molar-refractivity contribution >= 4 is 23.7 Å². The van der Waals surface area contributed by atoms with E-state index in [1.54, 1.807) is 0 Å². The van der Waals surface area contributed by atoms with Crippen molar-refractivity contribution in [2.24, 2.45) is 22.2 Å². The minimum absolute atomic E-state index is 0.0274. The Labute approximate surface area is 227 Å². The van der Waals surface area contributed by atoms with E-state index < -0.39 is 5.91 Å². The van der Waals surface area contributed by atoms with Gasteiger partial charge in [0.1, 0.15) is 6.54 Å². The summed E-state index contributed by atoms with van der Waals surface area (Å²) in [7, 11) is 0. The van der Waals surface area contributed by atoms with Crippen LogP contribution < -0.4 is 22.5 Å². The van der Waals surface area contributed by atoms with Gasteiger partial charge in [-0.25, -0.2) is 0 Å². The van der Waals surface area contributed by atoms with Gasteiger partial charge in [-0.1, -0.05) is 88.4 Å². The lowest BCUT2D eigenvalue weighted by Gasteiger charge is -2.27. The molecule has 0 bridgehead atoms. The molecule has 0 radical (unpaired) electrons. The Hall–Kier alpha value is -3.92. The highest BCUT2D eigenvalue weighted by Gasteiger charge is 2.22. The molecule has 10 nitrogen and oxygen atoms in total. The highest BCUT2D eigenvalue weighted by Crippen LogP contribution is 2.09. The van der Waals surface area contributed by atoms with E-state index in [1.165, 1.54) is 9.80 Å². The normalized spacial score (nSPS) is 9.58. The monoisotopic (exact) mass is 527 g/mol. The summed E-state index contributed by atoms with van der Waals surface area (Å²) in [6, 6.07) is 18.7. The number of amides is 3. The molecule has 0 unspecified atom stereocenters. The number of hydrogen-bond donors (Lipinski definition) is 4. The molecule has 0 saturated carbocycles. The molecule has 3 amide bonds. The van der Waals surface area contributed by atoms with Crippen molar-refractivity contribution in [3.63, 3.8) is 0 Å². The maximum atomic E-state index is 13.1. The van der Waals surface area contributed by atoms with Crippen LogP contribution in [0.4, 0.5) is 0 Å². The third kappa shape index (κ3) is 15.2. The van der Waals surface area contributed by atoms with Gasteiger partial charge in [0.2, 0.25) is 17.7 Å². The van der Waals surface area contributed by atoms with Gasteiger partial charge in [-0.15, -0.1) is 0 Å². The van der Waals surface area contributed by atoms with E-state index in [4.69, 9.17) is 17.2 Å². The molecule has 0 aliphatic rings. The summed E-state index contributed by atoms with van der Waals surface area (Å²) >= 11 is 0. The molecular weight excluding hydrogens is 482 g/mol. The molecule has 38 heavy (non-hydrogen) atoms. The summed E-state index contributed by atoms with van der Waals surface area (Å²) in [5.74, 6) is -1.19. The minimum Gasteiger partial charge on any atom is -0.370 e. The van der Waals surface area contributed by atoms with E-state index in [2.05, 4.69) is 10.3 Å². The van der Waals surface area contributed by atoms with Crippen LogP contribution in [-0.2, 0) is 27.5 Å². The van der Waals surface area contributed by atoms with Crippen molar-refractivity contribution in [3.05, 3.63) is 71.8 Å². The molecule has 210 valence electrons. The van der Waals surface area contributed by atoms with Crippen molar-refractivity contribution in [3.8, 4) is 0 Å². The quantitative estimate of drug-likeness (QED) is 0.167. The summed E-state index contributed by atoms with van der Waals surface area (Å²) in [5.41, 5.74) is 17.7. The molecule has 0 fully saturated rings. The Bertz CT molecular complexity index is 949. The lowest BCUT2D eigenvalue weighted by Crippen LogP contribution is -2.47. The van der Waals surface area contributed by atoms with Crippen LogP contribution in [-0.4, -0.2) is 66.2 Å². The predicted molar refractivity (Wildman–Crippen MR) is 154 cm³/mol. The lowest BCUT2D eigenvalue weighted by molar-refractivity contribution is -0.142. The van der Waals surface area contributed by atoms with Crippen molar-refractivity contribution < 1.29 is 14.4 Å². The zero-order valence-electron chi connectivity index (χ0n) is 23.2. The highest BCUT2D eigenvalue weighted by molar-refractivity contribution is 5.88. The zero-order chi connectivity index (χ0) is 28.8. The minimum atomic E-state index is -0.618. The molecule has 0 aliphatic heterocycles. The lowest BCUT2D eigenvalue weighted by atomic mass is 10.2. The average Bonchev–Trinajstić information content (AvgIpc) is 2.92. The summed E-state index contributed by atoms with van der Waals surface area (Å²) in [6.07, 6.45) is 0.659. The van der Waals surface area contributed by atoms with Crippen LogP contribution in [0.25, 0.3) is 0 Å². The first-order valence-corrected chi connectivity index (χ1v) is 13.0. The second-order valence-electron chi connectivity index (χ2n) is 7.77. The molecule has 0 spiro atoms. The SMILES string of the molecule is CC.CC.NC(=O)CN(Cc1ccccc1)C(=O)CN(Cc1ccccc1)C(=O)CNCCCN=C(N)N. The molecule has 7 N–H and O–H groups in total. The van der Waals surface area contributed by atoms with Gasteiger partial charge in [-0.3, -0.25) is 19.4 Å². The van der Waals surface area contributed by atoms with Gasteiger partial charge in [-0.05, 0) is 24.1 Å². The summed E-state index contributed by atoms with van der Waals surface area (Å²) < 4.78 is 0. The standard InChI is InChI=1S/C24H33N7O3.2C2H6/c25-21(32)17-30(15-19-8-3-1-4-9-19)23(34)18-31(16-20-10-5-2-6-11-20)22(33)14-28-12-7-13-29-24(26)27;2*1-2/h1-6,8-11,28H,7,12-18H2,(H2,25,32)(H4,26,27,29);2*1-2H3. The molecule has 0 heterocycles. The molecule has 0 atom stereocenters. The number of rotatable bonds is 14. The molecule has 0 aliphatic carbocycles. The third-order valence-corrected chi connectivity index (χ3v) is 4.89. The van der Waals surface area contributed by atoms with Crippen molar-refractivity contribution in [1.82, 2.24) is 15.1 Å². The number of aliphatic imine (C=N–C) groups is 1. The number of carbonyl (C=O) groups is 3. The molecule has 0 saturated heterocycles. The highest BCUT2D eigenvalue weighted by atomic mass is 16.2. The number of primary amides is 1. The smallest absolute Gasteiger partial charge is 0.242 e. The molecular formula is C28H45N7O3. The third-order valence-electron chi connectivity index (χ3n) is 4.89. The fourth-order valence-electron chi connectivity index (χ4n) is 3.24. The van der Waals surface area contributed by atoms with Gasteiger partial charge in [0.25, 0.3) is 0 Å². The van der Waals surface area contributed by atoms with Crippen LogP contribution in [0.5, 0.6) is 0 Å². The maximum absolute atomic E-state index is 13.1. The first kappa shape index (κ1) is 34.1. The molecule has 0 aromatic heterocycles. The van der Waals surface area contributed by atoms with Crippen LogP contribution >= 0.6 is 0 Å². The van der Waals surface area contributed by atoms with Gasteiger partial charge >= 0.3 is 0 Å². The summed E-state index contributed by atoms with van der Waals surface area (Å²) in [4.78, 5) is 44.4. The van der Waals surface area contributed by atoms with Gasteiger partial charge in [-0.2, -0.15) is 0 Å². The van der Waals surface area contributed by atoms with Gasteiger partial charge in [0.05, 0.1) is 13.1 Å². The van der Waals surface area contributed by atoms with E-state index in [-0.39, 0.29) is 50.5 Å². The Balaban J connectivity index is 0.00000326. The first-order chi connectivity index (χ1) is 18.3. The number of nitrogens with two attached hydrogens (primary N) is 3. The predicted octanol–water partition coefficient (Wildman–Crippen LogP) is 1.83. The summed E-state index contributed by atoms with van der Waals surface area (Å²) in [6.45, 7) is 9.12. The fraction of sp³-hybridized carbons (Fsp3) is 0.429. The van der Waals surface area contributed by atoms with Crippen molar-refractivity contribution in [2.45, 2.75) is 47.2 Å². The average molecular weight is 528 g/mol. The molecule has 2 rings (SSSR count). The molecule has 2 aromatic rings. The number of benzene rings is 2. The van der Waals surface area contributed by atoms with Crippen LogP contribution in [0.2, 0.25) is 0 Å². The molecule has 10 heteroatoms. The van der Waals surface area contributed by atoms with Crippen LogP contribution in [0.3, 0.4) is 0 Å². The number of hydrogen-bond acceptors (Lipinski definition) is 5. The van der Waals surface area contributed by atoms with Gasteiger partial charge < -0.3 is 32.3 Å². The van der Waals surface area contributed by atoms with E-state index in [9.17, 15) is 14.4 Å². The first-order valence-electron chi connectivity index (χ1n) is 13.0. The van der Waals surface area contributed by atoms with E-state index in [0.29, 0.717) is 19.5 Å². The molecule has 2 aromatic carbocycles. The second-order valence-corrected chi connectivity index (χ2v) is 7.77. The Morgan fingerprint density at radius 3 is 1.66 bits per heavy atom. The second kappa shape index (κ2) is 21.2. The van der Waals surface area contributed by atoms with Gasteiger partial charge in [0, 0.05) is 19.6 Å². The van der Waals surface area contributed by atoms with Crippen LogP contribution in [0.15, 0.2) is 65.7 Å². The van der Waals surface area contributed by atoms with Gasteiger partial charge in [0.15, 0.2) is 5.96 Å². The largest absolute Gasteiger partial charge is 0.370 e. The van der Waals surface area contributed by atoms with E-state index in [1.807, 2.05) is 88.4 Å². The van der Waals surface area contributed by atoms with Crippen LogP contribution in [0, 0.1) is 0 Å².